The lowest BCUT2D eigenvalue weighted by Gasteiger charge is -2.38. The van der Waals surface area contributed by atoms with E-state index in [1.807, 2.05) is 32.9 Å². The van der Waals surface area contributed by atoms with Gasteiger partial charge in [0.2, 0.25) is 0 Å². The molecule has 0 bridgehead atoms. The van der Waals surface area contributed by atoms with E-state index in [9.17, 15) is 9.59 Å². The molecule has 0 radical (unpaired) electrons. The highest BCUT2D eigenvalue weighted by atomic mass is 16.6. The van der Waals surface area contributed by atoms with Crippen molar-refractivity contribution in [3.8, 4) is 0 Å². The summed E-state index contributed by atoms with van der Waals surface area (Å²) in [5.74, 6) is -0.175. The van der Waals surface area contributed by atoms with Gasteiger partial charge in [0.25, 0.3) is 0 Å². The summed E-state index contributed by atoms with van der Waals surface area (Å²) >= 11 is 0. The molecule has 1 rings (SSSR count). The van der Waals surface area contributed by atoms with Crippen molar-refractivity contribution >= 4 is 11.8 Å². The highest BCUT2D eigenvalue weighted by Gasteiger charge is 2.39. The average Bonchev–Trinajstić information content (AvgIpc) is 2.40. The molecule has 0 spiro atoms. The van der Waals surface area contributed by atoms with E-state index in [0.29, 0.717) is 19.3 Å². The van der Waals surface area contributed by atoms with Gasteiger partial charge in [0, 0.05) is 19.3 Å². The number of ether oxygens (including phenoxy) is 1. The van der Waals surface area contributed by atoms with E-state index in [-0.39, 0.29) is 24.3 Å². The van der Waals surface area contributed by atoms with Gasteiger partial charge in [-0.25, -0.2) is 0 Å². The Balaban J connectivity index is 2.83. The van der Waals surface area contributed by atoms with Crippen molar-refractivity contribution < 1.29 is 19.4 Å². The van der Waals surface area contributed by atoms with E-state index in [2.05, 4.69) is 0 Å². The maximum atomic E-state index is 11.9. The number of carbonyl (C=O) groups is 2. The number of ketones is 1. The van der Waals surface area contributed by atoms with Gasteiger partial charge in [-0.1, -0.05) is 17.7 Å². The third-order valence-corrected chi connectivity index (χ3v) is 4.20. The van der Waals surface area contributed by atoms with Gasteiger partial charge < -0.3 is 9.84 Å². The number of rotatable bonds is 6. The van der Waals surface area contributed by atoms with Crippen LogP contribution in [0.3, 0.4) is 0 Å². The Morgan fingerprint density at radius 1 is 1.52 bits per heavy atom. The Morgan fingerprint density at radius 3 is 2.71 bits per heavy atom. The number of aliphatic hydroxyl groups excluding tert-OH is 1. The fraction of sp³-hybridized carbons (Fsp3) is 0.647. The first-order valence-electron chi connectivity index (χ1n) is 7.44. The molecule has 0 aromatic rings. The molecule has 4 nitrogen and oxygen atoms in total. The summed E-state index contributed by atoms with van der Waals surface area (Å²) in [5, 5.41) is 9.02. The maximum Gasteiger partial charge on any atom is 0.303 e. The summed E-state index contributed by atoms with van der Waals surface area (Å²) in [6, 6.07) is 0. The van der Waals surface area contributed by atoms with Gasteiger partial charge in [0.15, 0.2) is 5.78 Å². The lowest BCUT2D eigenvalue weighted by atomic mass is 9.75. The summed E-state index contributed by atoms with van der Waals surface area (Å²) in [4.78, 5) is 23.3. The Morgan fingerprint density at radius 2 is 2.19 bits per heavy atom. The molecule has 0 saturated heterocycles. The topological polar surface area (TPSA) is 63.6 Å². The molecule has 0 aliphatic heterocycles. The van der Waals surface area contributed by atoms with Crippen LogP contribution in [0, 0.1) is 5.92 Å². The fourth-order valence-electron chi connectivity index (χ4n) is 2.70. The average molecular weight is 294 g/mol. The Bertz CT molecular complexity index is 461. The van der Waals surface area contributed by atoms with Crippen molar-refractivity contribution in [3.63, 3.8) is 0 Å². The summed E-state index contributed by atoms with van der Waals surface area (Å²) in [6.45, 7) is 7.03. The second-order valence-corrected chi connectivity index (χ2v) is 6.10. The largest absolute Gasteiger partial charge is 0.459 e. The first-order chi connectivity index (χ1) is 9.78. The van der Waals surface area contributed by atoms with E-state index >= 15 is 0 Å². The van der Waals surface area contributed by atoms with E-state index in [1.54, 1.807) is 0 Å². The Labute approximate surface area is 126 Å². The van der Waals surface area contributed by atoms with E-state index in [4.69, 9.17) is 9.84 Å². The highest BCUT2D eigenvalue weighted by Crippen LogP contribution is 2.36. The molecule has 0 aromatic heterocycles. The molecule has 1 aliphatic carbocycles. The quantitative estimate of drug-likeness (QED) is 0.604. The molecular weight excluding hydrogens is 268 g/mol. The fourth-order valence-corrected chi connectivity index (χ4v) is 2.70. The SMILES string of the molecule is CC(=O)OC(C)(CCC=C(C)CO)C1CC=C(C)C(=O)C1. The molecule has 118 valence electrons. The zero-order valence-electron chi connectivity index (χ0n) is 13.4. The molecule has 4 heteroatoms. The van der Waals surface area contributed by atoms with Crippen molar-refractivity contribution in [3.05, 3.63) is 23.3 Å². The summed E-state index contributed by atoms with van der Waals surface area (Å²) in [5.41, 5.74) is 1.05. The van der Waals surface area contributed by atoms with Crippen LogP contribution in [0.2, 0.25) is 0 Å². The van der Waals surface area contributed by atoms with Crippen molar-refractivity contribution in [2.24, 2.45) is 5.92 Å². The molecular formula is C17H26O4. The van der Waals surface area contributed by atoms with E-state index in [0.717, 1.165) is 17.6 Å². The Kier molecular flexibility index (Phi) is 6.34. The summed E-state index contributed by atoms with van der Waals surface area (Å²) in [7, 11) is 0. The number of esters is 1. The van der Waals surface area contributed by atoms with Gasteiger partial charge >= 0.3 is 5.97 Å². The predicted octanol–water partition coefficient (Wildman–Crippen LogP) is 2.95. The van der Waals surface area contributed by atoms with Crippen LogP contribution >= 0.6 is 0 Å². The van der Waals surface area contributed by atoms with Crippen LogP contribution in [-0.2, 0) is 14.3 Å². The molecule has 0 amide bonds. The van der Waals surface area contributed by atoms with Crippen LogP contribution in [0.1, 0.15) is 53.4 Å². The van der Waals surface area contributed by atoms with Gasteiger partial charge in [-0.3, -0.25) is 9.59 Å². The van der Waals surface area contributed by atoms with Gasteiger partial charge in [-0.15, -0.1) is 0 Å². The normalized spacial score (nSPS) is 22.5. The number of aliphatic hydroxyl groups is 1. The third-order valence-electron chi connectivity index (χ3n) is 4.20. The predicted molar refractivity (Wildman–Crippen MR) is 81.7 cm³/mol. The summed E-state index contributed by atoms with van der Waals surface area (Å²) in [6.07, 6.45) is 6.43. The van der Waals surface area contributed by atoms with Gasteiger partial charge in [0.1, 0.15) is 5.60 Å². The minimum Gasteiger partial charge on any atom is -0.459 e. The molecule has 1 N–H and O–H groups in total. The molecule has 0 aromatic carbocycles. The highest BCUT2D eigenvalue weighted by molar-refractivity contribution is 5.95. The van der Waals surface area contributed by atoms with E-state index < -0.39 is 5.60 Å². The molecule has 2 unspecified atom stereocenters. The lowest BCUT2D eigenvalue weighted by Crippen LogP contribution is -2.41. The zero-order valence-corrected chi connectivity index (χ0v) is 13.4. The van der Waals surface area contributed by atoms with Crippen LogP contribution in [0.5, 0.6) is 0 Å². The number of carbonyl (C=O) groups excluding carboxylic acids is 2. The van der Waals surface area contributed by atoms with Crippen molar-refractivity contribution in [2.75, 3.05) is 6.61 Å². The number of hydrogen-bond donors (Lipinski definition) is 1. The van der Waals surface area contributed by atoms with Crippen molar-refractivity contribution in [1.29, 1.82) is 0 Å². The molecule has 0 heterocycles. The zero-order chi connectivity index (χ0) is 16.0. The molecule has 1 aliphatic rings. The van der Waals surface area contributed by atoms with Crippen LogP contribution < -0.4 is 0 Å². The minimum atomic E-state index is -0.648. The first-order valence-corrected chi connectivity index (χ1v) is 7.44. The Hall–Kier alpha value is -1.42. The smallest absolute Gasteiger partial charge is 0.303 e. The standard InChI is InChI=1S/C17H26O4/c1-12(11-18)6-5-9-17(4,21-14(3)19)15-8-7-13(2)16(20)10-15/h6-7,15,18H,5,8-11H2,1-4H3. The van der Waals surface area contributed by atoms with Crippen LogP contribution in [0.4, 0.5) is 0 Å². The van der Waals surface area contributed by atoms with Gasteiger partial charge in [-0.05, 0) is 45.6 Å². The second-order valence-electron chi connectivity index (χ2n) is 6.10. The van der Waals surface area contributed by atoms with Crippen molar-refractivity contribution in [1.82, 2.24) is 0 Å². The monoisotopic (exact) mass is 294 g/mol. The number of allylic oxidation sites excluding steroid dienone is 3. The third kappa shape index (κ3) is 5.12. The van der Waals surface area contributed by atoms with Crippen LogP contribution in [0.15, 0.2) is 23.3 Å². The van der Waals surface area contributed by atoms with Crippen molar-refractivity contribution in [2.45, 2.75) is 59.0 Å². The first kappa shape index (κ1) is 17.6. The number of Topliss-reactive ketones (excluding diaryl/α,β-unsaturated/α-hetero) is 1. The molecule has 0 saturated carbocycles. The molecule has 2 atom stereocenters. The van der Waals surface area contributed by atoms with Gasteiger partial charge in [0.05, 0.1) is 6.61 Å². The van der Waals surface area contributed by atoms with Crippen LogP contribution in [-0.4, -0.2) is 29.1 Å². The maximum absolute atomic E-state index is 11.9. The lowest BCUT2D eigenvalue weighted by molar-refractivity contribution is -0.163. The molecule has 21 heavy (non-hydrogen) atoms. The van der Waals surface area contributed by atoms with Gasteiger partial charge in [-0.2, -0.15) is 0 Å². The molecule has 0 fully saturated rings. The minimum absolute atomic E-state index is 0.0143. The van der Waals surface area contributed by atoms with Crippen LogP contribution in [0.25, 0.3) is 0 Å². The second kappa shape index (κ2) is 7.55. The summed E-state index contributed by atoms with van der Waals surface area (Å²) < 4.78 is 5.56. The van der Waals surface area contributed by atoms with E-state index in [1.165, 1.54) is 6.92 Å². The number of hydrogen-bond acceptors (Lipinski definition) is 4.